The molecule has 0 aliphatic carbocycles. The quantitative estimate of drug-likeness (QED) is 0.0971. The lowest BCUT2D eigenvalue weighted by Gasteiger charge is -2.44. The van der Waals surface area contributed by atoms with Gasteiger partial charge in [-0.25, -0.2) is 0 Å². The molecule has 12 heteroatoms. The lowest BCUT2D eigenvalue weighted by Crippen LogP contribution is -2.46. The molecule has 1 aliphatic rings. The molecule has 0 fully saturated rings. The summed E-state index contributed by atoms with van der Waals surface area (Å²) >= 11 is 0. The first-order chi connectivity index (χ1) is 17.1. The summed E-state index contributed by atoms with van der Waals surface area (Å²) in [7, 11) is -4.95. The Morgan fingerprint density at radius 3 is 1.19 bits per heavy atom. The van der Waals surface area contributed by atoms with Gasteiger partial charge < -0.3 is 0 Å². The molecule has 0 bridgehead atoms. The van der Waals surface area contributed by atoms with Gasteiger partial charge in [0.05, 0.1) is 0 Å². The van der Waals surface area contributed by atoms with Crippen LogP contribution in [0.1, 0.15) is 83.1 Å². The van der Waals surface area contributed by atoms with E-state index < -0.39 is 22.9 Å². The number of hydrogen-bond donors (Lipinski definition) is 6. The van der Waals surface area contributed by atoms with Crippen molar-refractivity contribution >= 4 is 22.9 Å². The van der Waals surface area contributed by atoms with E-state index in [2.05, 4.69) is 125 Å². The highest BCUT2D eigenvalue weighted by atomic mass is 31.3. The Morgan fingerprint density at radius 2 is 0.865 bits per heavy atom. The molecule has 6 N–H and O–H groups in total. The highest BCUT2D eigenvalue weighted by Crippen LogP contribution is 2.78. The zero-order chi connectivity index (χ0) is 28.4. The minimum Gasteiger partial charge on any atom is -0.257 e. The number of rotatable bonds is 18. The third kappa shape index (κ3) is 11.9. The maximum atomic E-state index is 5.75. The lowest BCUT2D eigenvalue weighted by molar-refractivity contribution is 0.567. The van der Waals surface area contributed by atoms with Crippen molar-refractivity contribution in [2.75, 3.05) is 46.3 Å². The molecule has 0 saturated heterocycles. The van der Waals surface area contributed by atoms with Crippen molar-refractivity contribution in [1.29, 1.82) is 0 Å². The summed E-state index contributed by atoms with van der Waals surface area (Å²) in [6, 6.07) is 0. The minimum absolute atomic E-state index is 0.503. The van der Waals surface area contributed by atoms with Gasteiger partial charge in [0.25, 0.3) is 7.51 Å². The molecule has 9 nitrogen and oxygen atoms in total. The van der Waals surface area contributed by atoms with Crippen LogP contribution in [0.3, 0.4) is 0 Å². The first-order valence-electron chi connectivity index (χ1n) is 14.5. The zero-order valence-corrected chi connectivity index (χ0v) is 29.1. The van der Waals surface area contributed by atoms with E-state index in [0.717, 1.165) is 39.3 Å². The summed E-state index contributed by atoms with van der Waals surface area (Å²) in [6.07, 6.45) is 0. The van der Waals surface area contributed by atoms with Gasteiger partial charge in [-0.15, -0.1) is 10.2 Å². The van der Waals surface area contributed by atoms with E-state index in [-0.39, 0.29) is 0 Å². The van der Waals surface area contributed by atoms with Gasteiger partial charge in [-0.1, -0.05) is 87.5 Å². The normalized spacial score (nSPS) is 19.4. The van der Waals surface area contributed by atoms with Gasteiger partial charge in [0.2, 0.25) is 7.51 Å². The minimum atomic E-state index is -2.46. The smallest absolute Gasteiger partial charge is 0.257 e. The van der Waals surface area contributed by atoms with E-state index in [1.54, 1.807) is 0 Å². The summed E-state index contributed by atoms with van der Waals surface area (Å²) in [4.78, 5) is 0. The third-order valence-electron chi connectivity index (χ3n) is 5.68. The topological polar surface area (TPSA) is 100 Å². The van der Waals surface area contributed by atoms with Crippen LogP contribution in [-0.4, -0.2) is 50.8 Å². The predicted molar refractivity (Wildman–Crippen MR) is 170 cm³/mol. The fourth-order valence-electron chi connectivity index (χ4n) is 3.38. The summed E-state index contributed by atoms with van der Waals surface area (Å²) in [6.45, 7) is 32.5. The fraction of sp³-hybridized carbons (Fsp3) is 1.00. The zero-order valence-electron chi connectivity index (χ0n) is 26.4. The molecule has 0 amide bonds. The maximum Gasteiger partial charge on any atom is 0.360 e. The van der Waals surface area contributed by atoms with Gasteiger partial charge in [-0.05, 0) is 40.0 Å². The monoisotopic (exact) mass is 582 g/mol. The van der Waals surface area contributed by atoms with Gasteiger partial charge in [0.15, 0.2) is 0 Å². The molecular formula is C25H63N9P3+. The molecule has 0 radical (unpaired) electrons. The molecule has 0 aromatic rings. The summed E-state index contributed by atoms with van der Waals surface area (Å²) < 4.78 is 14.0. The molecule has 0 saturated carbocycles. The van der Waals surface area contributed by atoms with Gasteiger partial charge in [-0.2, -0.15) is 4.52 Å². The van der Waals surface area contributed by atoms with Gasteiger partial charge >= 0.3 is 7.87 Å². The van der Waals surface area contributed by atoms with E-state index in [0.29, 0.717) is 35.5 Å². The molecule has 0 aromatic heterocycles. The number of nitrogens with zero attached hydrogens (tertiary/aromatic N) is 3. The molecular weight excluding hydrogens is 519 g/mol. The van der Waals surface area contributed by atoms with Crippen LogP contribution in [0.4, 0.5) is 0 Å². The third-order valence-corrected chi connectivity index (χ3v) is 16.8. The Balaban J connectivity index is 3.95. The first-order valence-corrected chi connectivity index (χ1v) is 19.6. The van der Waals surface area contributed by atoms with Crippen LogP contribution in [0.25, 0.3) is 0 Å². The molecule has 0 unspecified atom stereocenters. The van der Waals surface area contributed by atoms with Crippen LogP contribution in [0.15, 0.2) is 9.03 Å². The predicted octanol–water partition coefficient (Wildman–Crippen LogP) is 6.98. The lowest BCUT2D eigenvalue weighted by atomic mass is 10.2. The van der Waals surface area contributed by atoms with Crippen molar-refractivity contribution in [3.63, 3.8) is 0 Å². The van der Waals surface area contributed by atoms with Crippen LogP contribution in [0, 0.1) is 35.5 Å². The highest BCUT2D eigenvalue weighted by Gasteiger charge is 2.57. The van der Waals surface area contributed by atoms with Gasteiger partial charge in [-0.3, -0.25) is 20.3 Å². The molecule has 0 atom stereocenters. The van der Waals surface area contributed by atoms with Crippen molar-refractivity contribution in [3.05, 3.63) is 0 Å². The SMILES string of the molecule is CC(C)CNP1(NCC(C)C)=N[P+](NCC(C)C)(NCC(C)C)N(C)P(NCC(C)C)(NCC(C)C)=N1. The Morgan fingerprint density at radius 1 is 0.541 bits per heavy atom. The highest BCUT2D eigenvalue weighted by molar-refractivity contribution is 7.88. The molecule has 37 heavy (non-hydrogen) atoms. The van der Waals surface area contributed by atoms with Crippen LogP contribution in [0.5, 0.6) is 0 Å². The van der Waals surface area contributed by atoms with Gasteiger partial charge in [0.1, 0.15) is 0 Å². The van der Waals surface area contributed by atoms with Crippen molar-refractivity contribution in [1.82, 2.24) is 35.0 Å². The summed E-state index contributed by atoms with van der Waals surface area (Å²) in [5, 5.41) is 23.8. The molecule has 1 heterocycles. The Hall–Kier alpha value is 0.610. The average Bonchev–Trinajstić information content (AvgIpc) is 2.79. The molecule has 0 spiro atoms. The van der Waals surface area contributed by atoms with Crippen LogP contribution in [0.2, 0.25) is 0 Å². The van der Waals surface area contributed by atoms with Crippen molar-refractivity contribution in [3.8, 4) is 0 Å². The second-order valence-corrected chi connectivity index (χ2v) is 21.5. The Labute approximate surface area is 231 Å². The van der Waals surface area contributed by atoms with Crippen LogP contribution >= 0.6 is 22.9 Å². The second kappa shape index (κ2) is 16.2. The first kappa shape index (κ1) is 35.6. The van der Waals surface area contributed by atoms with Crippen LogP contribution in [-0.2, 0) is 0 Å². The van der Waals surface area contributed by atoms with Crippen molar-refractivity contribution in [2.24, 2.45) is 44.5 Å². The van der Waals surface area contributed by atoms with Crippen molar-refractivity contribution in [2.45, 2.75) is 83.1 Å². The fourth-order valence-corrected chi connectivity index (χ4v) is 17.6. The van der Waals surface area contributed by atoms with Crippen molar-refractivity contribution < 1.29 is 0 Å². The molecule has 0 aromatic carbocycles. The molecule has 1 rings (SSSR count). The summed E-state index contributed by atoms with van der Waals surface area (Å²) in [5.74, 6) is 3.06. The average molecular weight is 583 g/mol. The van der Waals surface area contributed by atoms with E-state index in [4.69, 9.17) is 9.03 Å². The number of hydrogen-bond acceptors (Lipinski definition) is 9. The van der Waals surface area contributed by atoms with E-state index in [1.807, 2.05) is 0 Å². The van der Waals surface area contributed by atoms with E-state index in [1.165, 1.54) is 0 Å². The van der Waals surface area contributed by atoms with E-state index in [9.17, 15) is 0 Å². The largest absolute Gasteiger partial charge is 0.360 e. The maximum absolute atomic E-state index is 5.75. The van der Waals surface area contributed by atoms with Crippen LogP contribution < -0.4 is 30.5 Å². The molecule has 222 valence electrons. The molecule has 1 aliphatic heterocycles. The Kier molecular flexibility index (Phi) is 15.6. The van der Waals surface area contributed by atoms with E-state index >= 15 is 0 Å². The second-order valence-electron chi connectivity index (χ2n) is 13.0. The van der Waals surface area contributed by atoms with Gasteiger partial charge in [0, 0.05) is 46.3 Å². The summed E-state index contributed by atoms with van der Waals surface area (Å²) in [5.41, 5.74) is 0. The Bertz CT molecular complexity index is 723. The standard InChI is InChI=1S/C25H63N9P3/c1-20(2)14-26-35(27-15-21(3)4)32-36(28-16-22(5)6,29-17-23(7)8)34(13)37(33-35,30-18-24(9)10)31-19-25(11)12/h20-31H,14-19H2,1-13H3/q+1. The number of nitrogens with one attached hydrogen (secondary N) is 6.